The minimum Gasteiger partial charge on any atom is -0.479 e. The number of nitrogens with zero attached hydrogens (tertiary/aromatic N) is 2. The molecule has 5 nitrogen and oxygen atoms in total. The Morgan fingerprint density at radius 3 is 2.71 bits per heavy atom. The number of hydrogen-bond donors (Lipinski definition) is 2. The number of rotatable bonds is 3. The lowest BCUT2D eigenvalue weighted by Gasteiger charge is -2.11. The minimum atomic E-state index is -1.54. The van der Waals surface area contributed by atoms with E-state index < -0.39 is 12.1 Å². The molecule has 0 fully saturated rings. The third-order valence-electron chi connectivity index (χ3n) is 2.55. The van der Waals surface area contributed by atoms with Crippen molar-refractivity contribution in [3.8, 4) is 11.4 Å². The Morgan fingerprint density at radius 2 is 2.12 bits per heavy atom. The van der Waals surface area contributed by atoms with E-state index in [0.717, 1.165) is 0 Å². The third-order valence-corrected chi connectivity index (χ3v) is 2.55. The summed E-state index contributed by atoms with van der Waals surface area (Å²) in [7, 11) is 1.81. The molecule has 0 aliphatic rings. The van der Waals surface area contributed by atoms with Gasteiger partial charge in [-0.15, -0.1) is 0 Å². The first-order valence-corrected chi connectivity index (χ1v) is 5.08. The van der Waals surface area contributed by atoms with Gasteiger partial charge in [0.1, 0.15) is 5.82 Å². The zero-order valence-corrected chi connectivity index (χ0v) is 9.24. The van der Waals surface area contributed by atoms with E-state index in [4.69, 9.17) is 5.11 Å². The van der Waals surface area contributed by atoms with Gasteiger partial charge in [-0.3, -0.25) is 0 Å². The monoisotopic (exact) mass is 232 g/mol. The largest absolute Gasteiger partial charge is 0.479 e. The van der Waals surface area contributed by atoms with Crippen molar-refractivity contribution in [2.24, 2.45) is 7.05 Å². The van der Waals surface area contributed by atoms with E-state index in [2.05, 4.69) is 4.98 Å². The summed E-state index contributed by atoms with van der Waals surface area (Å²) in [6.45, 7) is 0. The predicted molar refractivity (Wildman–Crippen MR) is 61.2 cm³/mol. The SMILES string of the molecule is Cn1ccnc1-c1ccccc1C(O)C(=O)O. The van der Waals surface area contributed by atoms with E-state index in [0.29, 0.717) is 17.0 Å². The van der Waals surface area contributed by atoms with E-state index >= 15 is 0 Å². The molecule has 17 heavy (non-hydrogen) atoms. The van der Waals surface area contributed by atoms with E-state index in [1.807, 2.05) is 7.05 Å². The molecule has 5 heteroatoms. The molecule has 0 aliphatic heterocycles. The maximum absolute atomic E-state index is 10.8. The number of aromatic nitrogens is 2. The van der Waals surface area contributed by atoms with Gasteiger partial charge in [-0.1, -0.05) is 24.3 Å². The van der Waals surface area contributed by atoms with Crippen molar-refractivity contribution in [3.63, 3.8) is 0 Å². The number of carboxylic acid groups (broad SMARTS) is 1. The molecule has 0 saturated carbocycles. The fourth-order valence-corrected chi connectivity index (χ4v) is 1.70. The molecular weight excluding hydrogens is 220 g/mol. The number of hydrogen-bond acceptors (Lipinski definition) is 3. The lowest BCUT2D eigenvalue weighted by atomic mass is 10.0. The van der Waals surface area contributed by atoms with Gasteiger partial charge in [-0.05, 0) is 0 Å². The summed E-state index contributed by atoms with van der Waals surface area (Å²) < 4.78 is 1.77. The van der Waals surface area contributed by atoms with Crippen molar-refractivity contribution < 1.29 is 15.0 Å². The number of imidazole rings is 1. The third kappa shape index (κ3) is 2.05. The van der Waals surface area contributed by atoms with Gasteiger partial charge in [0, 0.05) is 30.6 Å². The van der Waals surface area contributed by atoms with Crippen molar-refractivity contribution in [3.05, 3.63) is 42.2 Å². The van der Waals surface area contributed by atoms with Gasteiger partial charge in [-0.2, -0.15) is 0 Å². The van der Waals surface area contributed by atoms with Crippen LogP contribution in [0.2, 0.25) is 0 Å². The smallest absolute Gasteiger partial charge is 0.337 e. The van der Waals surface area contributed by atoms with Crippen LogP contribution in [0.4, 0.5) is 0 Å². The van der Waals surface area contributed by atoms with Gasteiger partial charge in [0.05, 0.1) is 0 Å². The molecule has 0 amide bonds. The molecule has 1 atom stereocenters. The molecule has 2 N–H and O–H groups in total. The first kappa shape index (κ1) is 11.3. The van der Waals surface area contributed by atoms with Crippen molar-refractivity contribution in [2.75, 3.05) is 0 Å². The summed E-state index contributed by atoms with van der Waals surface area (Å²) in [5.74, 6) is -0.646. The maximum atomic E-state index is 10.8. The number of aliphatic hydroxyl groups excluding tert-OH is 1. The van der Waals surface area contributed by atoms with Gasteiger partial charge < -0.3 is 14.8 Å². The molecule has 0 spiro atoms. The number of aliphatic hydroxyl groups is 1. The molecule has 0 saturated heterocycles. The fourth-order valence-electron chi connectivity index (χ4n) is 1.70. The summed E-state index contributed by atoms with van der Waals surface area (Å²) in [6, 6.07) is 6.79. The summed E-state index contributed by atoms with van der Waals surface area (Å²) in [5.41, 5.74) is 0.962. The van der Waals surface area contributed by atoms with Gasteiger partial charge in [0.2, 0.25) is 0 Å². The Bertz CT molecular complexity index is 548. The van der Waals surface area contributed by atoms with Gasteiger partial charge in [0.25, 0.3) is 0 Å². The highest BCUT2D eigenvalue weighted by atomic mass is 16.4. The van der Waals surface area contributed by atoms with Crippen LogP contribution in [0.5, 0.6) is 0 Å². The number of benzene rings is 1. The second kappa shape index (κ2) is 4.39. The molecule has 2 rings (SSSR count). The molecule has 0 radical (unpaired) electrons. The van der Waals surface area contributed by atoms with Crippen LogP contribution < -0.4 is 0 Å². The van der Waals surface area contributed by atoms with Crippen LogP contribution in [0, 0.1) is 0 Å². The summed E-state index contributed by atoms with van der Waals surface area (Å²) >= 11 is 0. The van der Waals surface area contributed by atoms with Crippen molar-refractivity contribution >= 4 is 5.97 Å². The summed E-state index contributed by atoms with van der Waals surface area (Å²) in [4.78, 5) is 15.0. The van der Waals surface area contributed by atoms with Gasteiger partial charge in [-0.25, -0.2) is 9.78 Å². The molecule has 88 valence electrons. The minimum absolute atomic E-state index is 0.342. The Labute approximate surface area is 98.0 Å². The average Bonchev–Trinajstić information content (AvgIpc) is 2.74. The topological polar surface area (TPSA) is 75.3 Å². The normalized spacial score (nSPS) is 12.4. The van der Waals surface area contributed by atoms with E-state index in [1.165, 1.54) is 0 Å². The predicted octanol–water partition coefficient (Wildman–Crippen LogP) is 1.21. The van der Waals surface area contributed by atoms with Crippen LogP contribution >= 0.6 is 0 Å². The molecule has 1 unspecified atom stereocenters. The van der Waals surface area contributed by atoms with Gasteiger partial charge >= 0.3 is 5.97 Å². The molecule has 0 bridgehead atoms. The van der Waals surface area contributed by atoms with Crippen LogP contribution in [-0.4, -0.2) is 25.7 Å². The zero-order chi connectivity index (χ0) is 12.4. The second-order valence-electron chi connectivity index (χ2n) is 3.69. The molecule has 2 aromatic rings. The summed E-state index contributed by atoms with van der Waals surface area (Å²) in [6.07, 6.45) is 1.85. The van der Waals surface area contributed by atoms with E-state index in [9.17, 15) is 9.90 Å². The lowest BCUT2D eigenvalue weighted by Crippen LogP contribution is -2.12. The highest BCUT2D eigenvalue weighted by Gasteiger charge is 2.21. The Morgan fingerprint density at radius 1 is 1.41 bits per heavy atom. The first-order chi connectivity index (χ1) is 8.11. The number of aryl methyl sites for hydroxylation is 1. The maximum Gasteiger partial charge on any atom is 0.337 e. The quantitative estimate of drug-likeness (QED) is 0.833. The standard InChI is InChI=1S/C12H12N2O3/c1-14-7-6-13-11(14)9-5-3-2-4-8(9)10(15)12(16)17/h2-7,10,15H,1H3,(H,16,17). The first-order valence-electron chi connectivity index (χ1n) is 5.08. The average molecular weight is 232 g/mol. The van der Waals surface area contributed by atoms with Gasteiger partial charge in [0.15, 0.2) is 6.10 Å². The molecule has 0 aliphatic carbocycles. The number of aliphatic carboxylic acids is 1. The van der Waals surface area contributed by atoms with Crippen LogP contribution in [0.25, 0.3) is 11.4 Å². The van der Waals surface area contributed by atoms with Crippen molar-refractivity contribution in [1.29, 1.82) is 0 Å². The Kier molecular flexibility index (Phi) is 2.93. The van der Waals surface area contributed by atoms with E-state index in [-0.39, 0.29) is 0 Å². The van der Waals surface area contributed by atoms with Crippen molar-refractivity contribution in [1.82, 2.24) is 9.55 Å². The highest BCUT2D eigenvalue weighted by molar-refractivity contribution is 5.78. The number of carbonyl (C=O) groups is 1. The molecule has 1 aromatic carbocycles. The lowest BCUT2D eigenvalue weighted by molar-refractivity contribution is -0.146. The second-order valence-corrected chi connectivity index (χ2v) is 3.69. The Hall–Kier alpha value is -2.14. The summed E-state index contributed by atoms with van der Waals surface area (Å²) in [5, 5.41) is 18.5. The zero-order valence-electron chi connectivity index (χ0n) is 9.24. The molecular formula is C12H12N2O3. The van der Waals surface area contributed by atoms with Crippen LogP contribution in [0.3, 0.4) is 0 Å². The molecule has 1 heterocycles. The number of carboxylic acids is 1. The van der Waals surface area contributed by atoms with Crippen LogP contribution in [0.1, 0.15) is 11.7 Å². The van der Waals surface area contributed by atoms with Crippen LogP contribution in [0.15, 0.2) is 36.7 Å². The van der Waals surface area contributed by atoms with Crippen molar-refractivity contribution in [2.45, 2.75) is 6.10 Å². The molecule has 1 aromatic heterocycles. The Balaban J connectivity index is 2.56. The van der Waals surface area contributed by atoms with E-state index in [1.54, 1.807) is 41.2 Å². The fraction of sp³-hybridized carbons (Fsp3) is 0.167. The highest BCUT2D eigenvalue weighted by Crippen LogP contribution is 2.26. The van der Waals surface area contributed by atoms with Crippen LogP contribution in [-0.2, 0) is 11.8 Å².